The van der Waals surface area contributed by atoms with Gasteiger partial charge in [-0.2, -0.15) is 8.78 Å². The van der Waals surface area contributed by atoms with Crippen LogP contribution >= 0.6 is 11.6 Å². The van der Waals surface area contributed by atoms with Gasteiger partial charge < -0.3 is 4.74 Å². The van der Waals surface area contributed by atoms with Crippen molar-refractivity contribution < 1.29 is 13.5 Å². The van der Waals surface area contributed by atoms with Gasteiger partial charge >= 0.3 is 6.61 Å². The lowest BCUT2D eigenvalue weighted by Crippen LogP contribution is -2.04. The number of aromatic nitrogens is 1. The summed E-state index contributed by atoms with van der Waals surface area (Å²) in [5.41, 5.74) is 1.30. The Kier molecular flexibility index (Phi) is 3.74. The number of rotatable bonds is 3. The van der Waals surface area contributed by atoms with Crippen molar-refractivity contribution in [3.05, 3.63) is 35.0 Å². The molecular formula is C15H14ClF2NO. The van der Waals surface area contributed by atoms with Crippen LogP contribution < -0.4 is 4.74 Å². The van der Waals surface area contributed by atoms with Gasteiger partial charge in [0, 0.05) is 17.0 Å². The molecule has 0 unspecified atom stereocenters. The summed E-state index contributed by atoms with van der Waals surface area (Å²) in [4.78, 5) is 4.53. The topological polar surface area (TPSA) is 22.1 Å². The second-order valence-electron chi connectivity index (χ2n) is 5.04. The van der Waals surface area contributed by atoms with Crippen LogP contribution in [0.3, 0.4) is 0 Å². The third kappa shape index (κ3) is 2.57. The van der Waals surface area contributed by atoms with Gasteiger partial charge in [-0.3, -0.25) is 0 Å². The molecule has 2 aromatic rings. The van der Waals surface area contributed by atoms with E-state index in [1.807, 2.05) is 6.07 Å². The standard InChI is InChI=1S/C15H14ClF2NO/c16-11-8-12(9-4-1-2-5-9)19-14-10(11)6-3-7-13(14)20-15(17)18/h3,6-9,15H,1-2,4-5H2. The Hall–Kier alpha value is -1.42. The largest absolute Gasteiger partial charge is 0.432 e. The maximum Gasteiger partial charge on any atom is 0.387 e. The summed E-state index contributed by atoms with van der Waals surface area (Å²) in [6.07, 6.45) is 4.51. The zero-order chi connectivity index (χ0) is 14.1. The highest BCUT2D eigenvalue weighted by Crippen LogP contribution is 2.37. The Morgan fingerprint density at radius 1 is 1.25 bits per heavy atom. The minimum Gasteiger partial charge on any atom is -0.432 e. The summed E-state index contributed by atoms with van der Waals surface area (Å²) in [6, 6.07) is 6.76. The molecule has 0 bridgehead atoms. The zero-order valence-electron chi connectivity index (χ0n) is 10.8. The van der Waals surface area contributed by atoms with E-state index in [9.17, 15) is 8.78 Å². The Bertz CT molecular complexity index is 627. The lowest BCUT2D eigenvalue weighted by molar-refractivity contribution is -0.0489. The number of nitrogens with zero attached hydrogens (tertiary/aromatic N) is 1. The third-order valence-electron chi connectivity index (χ3n) is 3.76. The molecule has 0 spiro atoms. The van der Waals surface area contributed by atoms with Gasteiger partial charge in [0.2, 0.25) is 0 Å². The molecule has 0 radical (unpaired) electrons. The summed E-state index contributed by atoms with van der Waals surface area (Å²) in [5, 5.41) is 1.18. The fraction of sp³-hybridized carbons (Fsp3) is 0.400. The minimum absolute atomic E-state index is 0.0826. The molecule has 1 aliphatic carbocycles. The van der Waals surface area contributed by atoms with Crippen LogP contribution in [0.1, 0.15) is 37.3 Å². The Labute approximate surface area is 120 Å². The van der Waals surface area contributed by atoms with Crippen LogP contribution in [0.15, 0.2) is 24.3 Å². The molecule has 3 rings (SSSR count). The van der Waals surface area contributed by atoms with Crippen molar-refractivity contribution in [3.63, 3.8) is 0 Å². The summed E-state index contributed by atoms with van der Waals surface area (Å²) in [7, 11) is 0. The average molecular weight is 298 g/mol. The predicted octanol–water partition coefficient (Wildman–Crippen LogP) is 5.15. The Morgan fingerprint density at radius 3 is 2.70 bits per heavy atom. The van der Waals surface area contributed by atoms with E-state index in [-0.39, 0.29) is 5.75 Å². The molecule has 1 heterocycles. The van der Waals surface area contributed by atoms with Gasteiger partial charge in [-0.15, -0.1) is 0 Å². The molecule has 1 fully saturated rings. The molecule has 1 aromatic heterocycles. The molecule has 0 N–H and O–H groups in total. The van der Waals surface area contributed by atoms with Gasteiger partial charge in [-0.05, 0) is 25.0 Å². The second kappa shape index (κ2) is 5.52. The van der Waals surface area contributed by atoms with Gasteiger partial charge in [0.1, 0.15) is 5.52 Å². The van der Waals surface area contributed by atoms with E-state index >= 15 is 0 Å². The number of pyridine rings is 1. The molecule has 1 saturated carbocycles. The van der Waals surface area contributed by atoms with E-state index in [2.05, 4.69) is 9.72 Å². The number of hydrogen-bond acceptors (Lipinski definition) is 2. The molecule has 2 nitrogen and oxygen atoms in total. The first-order valence-corrected chi connectivity index (χ1v) is 7.07. The molecule has 0 saturated heterocycles. The number of alkyl halides is 2. The van der Waals surface area contributed by atoms with Crippen molar-refractivity contribution in [2.75, 3.05) is 0 Å². The minimum atomic E-state index is -2.86. The number of hydrogen-bond donors (Lipinski definition) is 0. The molecule has 0 atom stereocenters. The summed E-state index contributed by atoms with van der Waals surface area (Å²) < 4.78 is 29.5. The number of benzene rings is 1. The van der Waals surface area contributed by atoms with Crippen LogP contribution in [-0.4, -0.2) is 11.6 Å². The van der Waals surface area contributed by atoms with E-state index in [1.54, 1.807) is 12.1 Å². The highest BCUT2D eigenvalue weighted by molar-refractivity contribution is 6.35. The van der Waals surface area contributed by atoms with E-state index in [4.69, 9.17) is 11.6 Å². The number of halogens is 3. The van der Waals surface area contributed by atoms with Crippen molar-refractivity contribution in [1.82, 2.24) is 4.98 Å². The SMILES string of the molecule is FC(F)Oc1cccc2c(Cl)cc(C3CCCC3)nc12. The highest BCUT2D eigenvalue weighted by Gasteiger charge is 2.21. The van der Waals surface area contributed by atoms with E-state index in [0.717, 1.165) is 18.5 Å². The van der Waals surface area contributed by atoms with Crippen molar-refractivity contribution in [2.45, 2.75) is 38.2 Å². The normalized spacial score (nSPS) is 16.2. The Morgan fingerprint density at radius 2 is 2.00 bits per heavy atom. The highest BCUT2D eigenvalue weighted by atomic mass is 35.5. The maximum atomic E-state index is 12.5. The van der Waals surface area contributed by atoms with Crippen LogP contribution in [0.4, 0.5) is 8.78 Å². The van der Waals surface area contributed by atoms with Crippen molar-refractivity contribution >= 4 is 22.5 Å². The summed E-state index contributed by atoms with van der Waals surface area (Å²) in [6.45, 7) is -2.86. The van der Waals surface area contributed by atoms with Crippen molar-refractivity contribution in [1.29, 1.82) is 0 Å². The smallest absolute Gasteiger partial charge is 0.387 e. The number of ether oxygens (including phenoxy) is 1. The van der Waals surface area contributed by atoms with Crippen LogP contribution in [0.25, 0.3) is 10.9 Å². The van der Waals surface area contributed by atoms with Gasteiger partial charge in [-0.1, -0.05) is 36.6 Å². The summed E-state index contributed by atoms with van der Waals surface area (Å²) >= 11 is 6.27. The number of para-hydroxylation sites is 1. The van der Waals surface area contributed by atoms with Crippen LogP contribution in [-0.2, 0) is 0 Å². The first kappa shape index (κ1) is 13.6. The van der Waals surface area contributed by atoms with Gasteiger partial charge in [0.05, 0.1) is 5.02 Å². The lowest BCUT2D eigenvalue weighted by Gasteiger charge is -2.13. The van der Waals surface area contributed by atoms with Gasteiger partial charge in [0.15, 0.2) is 5.75 Å². The molecular weight excluding hydrogens is 284 g/mol. The molecule has 5 heteroatoms. The summed E-state index contributed by atoms with van der Waals surface area (Å²) in [5.74, 6) is 0.454. The van der Waals surface area contributed by atoms with Crippen molar-refractivity contribution in [2.24, 2.45) is 0 Å². The number of fused-ring (bicyclic) bond motifs is 1. The van der Waals surface area contributed by atoms with Crippen LogP contribution in [0.2, 0.25) is 5.02 Å². The first-order valence-electron chi connectivity index (χ1n) is 6.69. The fourth-order valence-corrected chi connectivity index (χ4v) is 3.09. The van der Waals surface area contributed by atoms with Gasteiger partial charge in [-0.25, -0.2) is 4.98 Å². The van der Waals surface area contributed by atoms with Gasteiger partial charge in [0.25, 0.3) is 0 Å². The molecule has 0 aliphatic heterocycles. The van der Waals surface area contributed by atoms with E-state index in [1.165, 1.54) is 18.9 Å². The lowest BCUT2D eigenvalue weighted by atomic mass is 10.0. The zero-order valence-corrected chi connectivity index (χ0v) is 11.5. The van der Waals surface area contributed by atoms with E-state index in [0.29, 0.717) is 21.8 Å². The van der Waals surface area contributed by atoms with Crippen molar-refractivity contribution in [3.8, 4) is 5.75 Å². The molecule has 106 valence electrons. The van der Waals surface area contributed by atoms with E-state index < -0.39 is 6.61 Å². The van der Waals surface area contributed by atoms with Crippen LogP contribution in [0, 0.1) is 0 Å². The first-order chi connectivity index (χ1) is 9.65. The molecule has 1 aromatic carbocycles. The van der Waals surface area contributed by atoms with Crippen LogP contribution in [0.5, 0.6) is 5.75 Å². The Balaban J connectivity index is 2.11. The fourth-order valence-electron chi connectivity index (χ4n) is 2.82. The molecule has 20 heavy (non-hydrogen) atoms. The molecule has 1 aliphatic rings. The molecule has 0 amide bonds. The monoisotopic (exact) mass is 297 g/mol. The maximum absolute atomic E-state index is 12.5. The second-order valence-corrected chi connectivity index (χ2v) is 5.45. The average Bonchev–Trinajstić information content (AvgIpc) is 2.93. The predicted molar refractivity (Wildman–Crippen MR) is 74.6 cm³/mol. The quantitative estimate of drug-likeness (QED) is 0.782. The third-order valence-corrected chi connectivity index (χ3v) is 4.07.